The molecule has 0 radical (unpaired) electrons. The molecule has 1 heterocycles. The molecule has 1 N–H and O–H groups in total. The van der Waals surface area contributed by atoms with E-state index in [-0.39, 0.29) is 0 Å². The number of hydrogen-bond acceptors (Lipinski definition) is 1. The summed E-state index contributed by atoms with van der Waals surface area (Å²) in [6.07, 6.45) is 0. The summed E-state index contributed by atoms with van der Waals surface area (Å²) in [7, 11) is 0. The van der Waals surface area contributed by atoms with Crippen LogP contribution in [0.1, 0.15) is 11.1 Å². The molecular formula is C21H16Cl3N3. The Morgan fingerprint density at radius 3 is 1.56 bits per heavy atom. The van der Waals surface area contributed by atoms with Crippen LogP contribution in [-0.2, 0) is 13.1 Å². The van der Waals surface area contributed by atoms with Crippen LogP contribution in [0.4, 0.5) is 0 Å². The Bertz CT molecular complexity index is 1160. The Morgan fingerprint density at radius 2 is 1.04 bits per heavy atom. The highest BCUT2D eigenvalue weighted by atomic mass is 35.5. The highest BCUT2D eigenvalue weighted by molar-refractivity contribution is 6.31. The van der Waals surface area contributed by atoms with E-state index in [1.807, 2.05) is 75.9 Å². The zero-order valence-corrected chi connectivity index (χ0v) is 16.6. The minimum absolute atomic E-state index is 0.414. The fraction of sp³-hybridized carbons (Fsp3) is 0.0952. The predicted molar refractivity (Wildman–Crippen MR) is 112 cm³/mol. The van der Waals surface area contributed by atoms with Crippen LogP contribution in [-0.4, -0.2) is 9.13 Å². The Kier molecular flexibility index (Phi) is 5.00. The zero-order chi connectivity index (χ0) is 19.0. The van der Waals surface area contributed by atoms with Crippen molar-refractivity contribution in [3.63, 3.8) is 0 Å². The van der Waals surface area contributed by atoms with Crippen molar-refractivity contribution in [3.8, 4) is 0 Å². The summed E-state index contributed by atoms with van der Waals surface area (Å²) in [5.41, 5.74) is 4.46. The van der Waals surface area contributed by atoms with E-state index in [0.717, 1.165) is 22.2 Å². The maximum atomic E-state index is 8.76. The molecule has 0 aliphatic rings. The lowest BCUT2D eigenvalue weighted by atomic mass is 10.2. The van der Waals surface area contributed by atoms with Gasteiger partial charge in [-0.1, -0.05) is 59.1 Å². The second-order valence-electron chi connectivity index (χ2n) is 6.38. The Balaban J connectivity index is 1.82. The first-order chi connectivity index (χ1) is 13.0. The largest absolute Gasteiger partial charge is 0.306 e. The summed E-state index contributed by atoms with van der Waals surface area (Å²) in [4.78, 5) is 0. The van der Waals surface area contributed by atoms with E-state index < -0.39 is 0 Å². The van der Waals surface area contributed by atoms with Gasteiger partial charge >= 0.3 is 0 Å². The Hall–Kier alpha value is -2.20. The average molecular weight is 417 g/mol. The molecular weight excluding hydrogens is 401 g/mol. The molecule has 136 valence electrons. The van der Waals surface area contributed by atoms with Crippen LogP contribution in [0.25, 0.3) is 11.0 Å². The van der Waals surface area contributed by atoms with E-state index in [1.54, 1.807) is 0 Å². The van der Waals surface area contributed by atoms with Crippen molar-refractivity contribution in [2.75, 3.05) is 0 Å². The predicted octanol–water partition coefficient (Wildman–Crippen LogP) is 5.98. The first kappa shape index (κ1) is 18.2. The first-order valence-electron chi connectivity index (χ1n) is 8.43. The molecule has 0 saturated carbocycles. The minimum atomic E-state index is 0.414. The van der Waals surface area contributed by atoms with Gasteiger partial charge in [0.1, 0.15) is 0 Å². The fourth-order valence-electron chi connectivity index (χ4n) is 3.18. The molecule has 0 bridgehead atoms. The topological polar surface area (TPSA) is 33.7 Å². The van der Waals surface area contributed by atoms with E-state index in [9.17, 15) is 0 Å². The number of rotatable bonds is 4. The highest BCUT2D eigenvalue weighted by Gasteiger charge is 2.12. The van der Waals surface area contributed by atoms with E-state index in [4.69, 9.17) is 40.2 Å². The summed E-state index contributed by atoms with van der Waals surface area (Å²) >= 11 is 18.2. The molecule has 0 fully saturated rings. The number of aromatic nitrogens is 2. The lowest BCUT2D eigenvalue weighted by molar-refractivity contribution is 0.664. The van der Waals surface area contributed by atoms with Gasteiger partial charge in [-0.15, -0.1) is 0 Å². The third-order valence-corrected chi connectivity index (χ3v) is 5.28. The van der Waals surface area contributed by atoms with Gasteiger partial charge in [0.25, 0.3) is 0 Å². The number of imidazole rings is 1. The number of benzene rings is 3. The van der Waals surface area contributed by atoms with Gasteiger partial charge < -0.3 is 9.13 Å². The number of fused-ring (bicyclic) bond motifs is 1. The molecule has 3 nitrogen and oxygen atoms in total. The molecule has 0 atom stereocenters. The maximum Gasteiger partial charge on any atom is 0.203 e. The Labute approximate surface area is 171 Å². The van der Waals surface area contributed by atoms with Crippen molar-refractivity contribution in [1.29, 1.82) is 5.41 Å². The molecule has 1 aromatic heterocycles. The summed E-state index contributed by atoms with van der Waals surface area (Å²) in [6.45, 7) is 1.15. The van der Waals surface area contributed by atoms with Crippen molar-refractivity contribution < 1.29 is 0 Å². The summed E-state index contributed by atoms with van der Waals surface area (Å²) in [5.74, 6) is 0. The SMILES string of the molecule is N=c1n(Cc2ccc(Cl)cc2)c2ccc(Cl)cc2n1Cc1ccc(Cl)cc1. The normalized spacial score (nSPS) is 11.2. The van der Waals surface area contributed by atoms with Crippen LogP contribution in [0.2, 0.25) is 15.1 Å². The lowest BCUT2D eigenvalue weighted by Gasteiger charge is -2.06. The third-order valence-electron chi connectivity index (χ3n) is 4.54. The van der Waals surface area contributed by atoms with Crippen LogP contribution in [0.3, 0.4) is 0 Å². The highest BCUT2D eigenvalue weighted by Crippen LogP contribution is 2.21. The average Bonchev–Trinajstić information content (AvgIpc) is 2.90. The van der Waals surface area contributed by atoms with Gasteiger partial charge in [-0.2, -0.15) is 0 Å². The summed E-state index contributed by atoms with van der Waals surface area (Å²) in [5, 5.41) is 10.8. The second kappa shape index (κ2) is 7.43. The van der Waals surface area contributed by atoms with Crippen molar-refractivity contribution in [1.82, 2.24) is 9.13 Å². The minimum Gasteiger partial charge on any atom is -0.306 e. The first-order valence-corrected chi connectivity index (χ1v) is 9.57. The molecule has 0 saturated heterocycles. The van der Waals surface area contributed by atoms with Crippen molar-refractivity contribution in [2.45, 2.75) is 13.1 Å². The molecule has 4 aromatic rings. The molecule has 0 aliphatic heterocycles. The molecule has 27 heavy (non-hydrogen) atoms. The van der Waals surface area contributed by atoms with E-state index in [2.05, 4.69) is 0 Å². The molecule has 0 amide bonds. The van der Waals surface area contributed by atoms with Crippen molar-refractivity contribution in [2.24, 2.45) is 0 Å². The molecule has 6 heteroatoms. The summed E-state index contributed by atoms with van der Waals surface area (Å²) in [6, 6.07) is 21.1. The van der Waals surface area contributed by atoms with E-state index in [0.29, 0.717) is 33.8 Å². The van der Waals surface area contributed by atoms with E-state index >= 15 is 0 Å². The van der Waals surface area contributed by atoms with Gasteiger partial charge in [0.15, 0.2) is 0 Å². The number of hydrogen-bond donors (Lipinski definition) is 1. The van der Waals surface area contributed by atoms with Crippen molar-refractivity contribution in [3.05, 3.63) is 98.5 Å². The van der Waals surface area contributed by atoms with Gasteiger partial charge in [-0.3, -0.25) is 5.41 Å². The second-order valence-corrected chi connectivity index (χ2v) is 7.69. The fourth-order valence-corrected chi connectivity index (χ4v) is 3.60. The Morgan fingerprint density at radius 1 is 0.593 bits per heavy atom. The van der Waals surface area contributed by atoms with Gasteiger partial charge in [0.05, 0.1) is 24.1 Å². The standard InChI is InChI=1S/C21H16Cl3N3/c22-16-5-1-14(2-6-16)12-26-19-10-9-18(24)11-20(19)27(21(26)25)13-15-3-7-17(23)8-4-15/h1-11,25H,12-13H2. The third kappa shape index (κ3) is 3.77. The number of halogens is 3. The summed E-state index contributed by atoms with van der Waals surface area (Å²) < 4.78 is 3.94. The quantitative estimate of drug-likeness (QED) is 0.425. The van der Waals surface area contributed by atoms with Gasteiger partial charge in [0.2, 0.25) is 5.62 Å². The van der Waals surface area contributed by atoms with E-state index in [1.165, 1.54) is 0 Å². The molecule has 0 spiro atoms. The molecule has 0 aliphatic carbocycles. The smallest absolute Gasteiger partial charge is 0.203 e. The maximum absolute atomic E-state index is 8.76. The lowest BCUT2D eigenvalue weighted by Crippen LogP contribution is -2.25. The number of nitrogens with one attached hydrogen (secondary N) is 1. The monoisotopic (exact) mass is 415 g/mol. The van der Waals surface area contributed by atoms with Crippen LogP contribution >= 0.6 is 34.8 Å². The molecule has 3 aromatic carbocycles. The molecule has 4 rings (SSSR count). The van der Waals surface area contributed by atoms with Crippen LogP contribution < -0.4 is 5.62 Å². The zero-order valence-electron chi connectivity index (χ0n) is 14.3. The van der Waals surface area contributed by atoms with Crippen molar-refractivity contribution >= 4 is 45.8 Å². The van der Waals surface area contributed by atoms with Gasteiger partial charge in [-0.05, 0) is 53.6 Å². The van der Waals surface area contributed by atoms with Crippen LogP contribution in [0, 0.1) is 5.41 Å². The van der Waals surface area contributed by atoms with Crippen LogP contribution in [0.5, 0.6) is 0 Å². The molecule has 0 unspecified atom stereocenters. The van der Waals surface area contributed by atoms with Gasteiger partial charge in [0, 0.05) is 15.1 Å². The van der Waals surface area contributed by atoms with Crippen LogP contribution in [0.15, 0.2) is 66.7 Å². The van der Waals surface area contributed by atoms with Gasteiger partial charge in [-0.25, -0.2) is 0 Å². The number of nitrogens with zero attached hydrogens (tertiary/aromatic N) is 2.